The molecule has 0 spiro atoms. The molecule has 11 heteroatoms. The molecule has 0 amide bonds. The lowest BCUT2D eigenvalue weighted by Gasteiger charge is -2.20. The van der Waals surface area contributed by atoms with Crippen LogP contribution in [0.2, 0.25) is 0 Å². The highest BCUT2D eigenvalue weighted by Crippen LogP contribution is 2.43. The number of phosphoric ester groups is 1. The summed E-state index contributed by atoms with van der Waals surface area (Å²) < 4.78 is 32.6. The summed E-state index contributed by atoms with van der Waals surface area (Å²) in [5, 5.41) is 18.3. The van der Waals surface area contributed by atoms with Crippen LogP contribution in [0.1, 0.15) is 142 Å². The van der Waals surface area contributed by atoms with E-state index in [9.17, 15) is 24.2 Å². The monoisotopic (exact) mass is 740 g/mol. The van der Waals surface area contributed by atoms with Crippen molar-refractivity contribution in [3.8, 4) is 0 Å². The van der Waals surface area contributed by atoms with E-state index in [-0.39, 0.29) is 19.4 Å². The van der Waals surface area contributed by atoms with Crippen LogP contribution < -0.4 is 0 Å². The molecule has 0 bridgehead atoms. The molecule has 0 aromatic carbocycles. The average molecular weight is 741 g/mol. The highest BCUT2D eigenvalue weighted by Gasteiger charge is 2.27. The van der Waals surface area contributed by atoms with Gasteiger partial charge in [-0.25, -0.2) is 4.57 Å². The highest BCUT2D eigenvalue weighted by atomic mass is 31.2. The van der Waals surface area contributed by atoms with Crippen molar-refractivity contribution in [3.05, 3.63) is 60.8 Å². The van der Waals surface area contributed by atoms with Crippen molar-refractivity contribution in [1.82, 2.24) is 0 Å². The summed E-state index contributed by atoms with van der Waals surface area (Å²) in [5.74, 6) is -0.970. The number of carbonyl (C=O) groups is 2. The normalized spacial score (nSPS) is 14.7. The fourth-order valence-electron chi connectivity index (χ4n) is 4.75. The zero-order chi connectivity index (χ0) is 37.7. The molecule has 0 saturated heterocycles. The van der Waals surface area contributed by atoms with Gasteiger partial charge in [-0.05, 0) is 57.8 Å². The predicted octanol–water partition coefficient (Wildman–Crippen LogP) is 9.55. The molecule has 3 N–H and O–H groups in total. The molecule has 0 aliphatic rings. The maximum atomic E-state index is 12.5. The number of unbranched alkanes of at least 4 members (excludes halogenated alkanes) is 14. The first-order valence-corrected chi connectivity index (χ1v) is 20.8. The minimum atomic E-state index is -4.62. The van der Waals surface area contributed by atoms with Crippen molar-refractivity contribution < 1.29 is 47.8 Å². The van der Waals surface area contributed by atoms with Crippen molar-refractivity contribution in [2.24, 2.45) is 0 Å². The quantitative estimate of drug-likeness (QED) is 0.0248. The summed E-state index contributed by atoms with van der Waals surface area (Å²) in [6.45, 7) is 2.15. The van der Waals surface area contributed by atoms with Gasteiger partial charge in [-0.2, -0.15) is 0 Å². The van der Waals surface area contributed by atoms with E-state index in [0.29, 0.717) is 12.8 Å². The van der Waals surface area contributed by atoms with Crippen molar-refractivity contribution in [2.75, 3.05) is 26.4 Å². The Labute approximate surface area is 308 Å². The first-order chi connectivity index (χ1) is 24.7. The number of rotatable bonds is 35. The molecule has 0 aliphatic heterocycles. The van der Waals surface area contributed by atoms with Crippen LogP contribution in [-0.2, 0) is 32.7 Å². The van der Waals surface area contributed by atoms with Crippen molar-refractivity contribution in [3.63, 3.8) is 0 Å². The summed E-state index contributed by atoms with van der Waals surface area (Å²) in [6.07, 6.45) is 37.6. The lowest BCUT2D eigenvalue weighted by Crippen LogP contribution is -2.29. The summed E-state index contributed by atoms with van der Waals surface area (Å²) in [7, 11) is -4.62. The van der Waals surface area contributed by atoms with Gasteiger partial charge >= 0.3 is 19.8 Å². The second kappa shape index (κ2) is 36.0. The van der Waals surface area contributed by atoms with Crippen molar-refractivity contribution >= 4 is 19.8 Å². The zero-order valence-electron chi connectivity index (χ0n) is 31.5. The van der Waals surface area contributed by atoms with Crippen molar-refractivity contribution in [2.45, 2.75) is 154 Å². The molecule has 0 fully saturated rings. The van der Waals surface area contributed by atoms with E-state index >= 15 is 0 Å². The van der Waals surface area contributed by atoms with Gasteiger partial charge in [-0.1, -0.05) is 132 Å². The van der Waals surface area contributed by atoms with E-state index in [1.54, 1.807) is 0 Å². The smallest absolute Gasteiger partial charge is 0.462 e. The molecule has 51 heavy (non-hydrogen) atoms. The third kappa shape index (κ3) is 35.8. The fraction of sp³-hybridized carbons (Fsp3) is 0.700. The maximum absolute atomic E-state index is 12.5. The van der Waals surface area contributed by atoms with Gasteiger partial charge in [0.25, 0.3) is 0 Å². The highest BCUT2D eigenvalue weighted by molar-refractivity contribution is 7.47. The van der Waals surface area contributed by atoms with Crippen LogP contribution >= 0.6 is 7.82 Å². The van der Waals surface area contributed by atoms with Gasteiger partial charge in [-0.3, -0.25) is 18.6 Å². The average Bonchev–Trinajstić information content (AvgIpc) is 3.12. The number of carbonyl (C=O) groups excluding carboxylic acids is 2. The Bertz CT molecular complexity index is 1040. The Morgan fingerprint density at radius 3 is 1.63 bits per heavy atom. The van der Waals surface area contributed by atoms with Crippen LogP contribution in [0.5, 0.6) is 0 Å². The third-order valence-electron chi connectivity index (χ3n) is 7.74. The second-order valence-electron chi connectivity index (χ2n) is 12.7. The van der Waals surface area contributed by atoms with Crippen LogP contribution in [0.4, 0.5) is 0 Å². The van der Waals surface area contributed by atoms with Crippen LogP contribution in [0.15, 0.2) is 60.8 Å². The number of esters is 2. The van der Waals surface area contributed by atoms with Gasteiger partial charge in [0.15, 0.2) is 6.10 Å². The molecule has 2 unspecified atom stereocenters. The second-order valence-corrected chi connectivity index (χ2v) is 14.1. The first-order valence-electron chi connectivity index (χ1n) is 19.3. The van der Waals surface area contributed by atoms with E-state index in [2.05, 4.69) is 54.8 Å². The molecular weight excluding hydrogens is 671 g/mol. The zero-order valence-corrected chi connectivity index (χ0v) is 32.4. The van der Waals surface area contributed by atoms with Gasteiger partial charge in [0.2, 0.25) is 0 Å². The summed E-state index contributed by atoms with van der Waals surface area (Å²) in [6, 6.07) is 0. The van der Waals surface area contributed by atoms with Gasteiger partial charge in [-0.15, -0.1) is 0 Å². The van der Waals surface area contributed by atoms with E-state index in [1.807, 2.05) is 24.3 Å². The number of hydrogen-bond donors (Lipinski definition) is 3. The molecule has 0 aromatic rings. The number of ether oxygens (including phenoxy) is 2. The van der Waals surface area contributed by atoms with Crippen LogP contribution in [0, 0.1) is 0 Å². The van der Waals surface area contributed by atoms with E-state index in [4.69, 9.17) is 19.1 Å². The van der Waals surface area contributed by atoms with E-state index in [1.165, 1.54) is 19.3 Å². The summed E-state index contributed by atoms with van der Waals surface area (Å²) in [4.78, 5) is 34.8. The first kappa shape index (κ1) is 48.7. The Morgan fingerprint density at radius 1 is 0.608 bits per heavy atom. The lowest BCUT2D eigenvalue weighted by molar-refractivity contribution is -0.161. The molecule has 0 rings (SSSR count). The standard InChI is InChI=1S/C40H69O10P/c1-3-5-7-9-11-13-15-17-18-20-21-23-25-27-29-31-39(43)47-35-38(36-49-51(45,46)48-34-37(42)33-41)50-40(44)32-30-28-26-24-22-19-16-14-12-10-8-6-4-2/h6,8,10-17,37-38,41-42H,3-5,7,9,18-36H2,1-2H3,(H,45,46)/b8-6+,12-10+,13-11+,16-14+,17-15+/t37-,38?/m0/s1. The number of allylic oxidation sites excluding steroid dienone is 10. The number of aliphatic hydroxyl groups is 2. The summed E-state index contributed by atoms with van der Waals surface area (Å²) in [5.41, 5.74) is 0. The molecular formula is C40H69O10P. The lowest BCUT2D eigenvalue weighted by atomic mass is 10.1. The van der Waals surface area contributed by atoms with Gasteiger partial charge < -0.3 is 24.6 Å². The predicted molar refractivity (Wildman–Crippen MR) is 205 cm³/mol. The molecule has 0 radical (unpaired) electrons. The van der Waals surface area contributed by atoms with Crippen molar-refractivity contribution in [1.29, 1.82) is 0 Å². The van der Waals surface area contributed by atoms with Crippen LogP contribution in [-0.4, -0.2) is 65.7 Å². The number of hydrogen-bond acceptors (Lipinski definition) is 9. The Balaban J connectivity index is 4.42. The summed E-state index contributed by atoms with van der Waals surface area (Å²) >= 11 is 0. The molecule has 294 valence electrons. The fourth-order valence-corrected chi connectivity index (χ4v) is 5.54. The molecule has 3 atom stereocenters. The molecule has 0 aliphatic carbocycles. The maximum Gasteiger partial charge on any atom is 0.472 e. The van der Waals surface area contributed by atoms with Gasteiger partial charge in [0.05, 0.1) is 19.8 Å². The minimum Gasteiger partial charge on any atom is -0.462 e. The third-order valence-corrected chi connectivity index (χ3v) is 8.70. The van der Waals surface area contributed by atoms with Crippen LogP contribution in [0.3, 0.4) is 0 Å². The Hall–Kier alpha value is -2.33. The molecule has 10 nitrogen and oxygen atoms in total. The molecule has 0 saturated carbocycles. The van der Waals surface area contributed by atoms with Crippen LogP contribution in [0.25, 0.3) is 0 Å². The molecule has 0 aromatic heterocycles. The van der Waals surface area contributed by atoms with E-state index < -0.39 is 51.8 Å². The van der Waals surface area contributed by atoms with Gasteiger partial charge in [0.1, 0.15) is 12.7 Å². The topological polar surface area (TPSA) is 149 Å². The van der Waals surface area contributed by atoms with Gasteiger partial charge in [0, 0.05) is 12.8 Å². The Morgan fingerprint density at radius 2 is 1.08 bits per heavy atom. The van der Waals surface area contributed by atoms with E-state index in [0.717, 1.165) is 83.5 Å². The largest absolute Gasteiger partial charge is 0.472 e. The molecule has 0 heterocycles. The minimum absolute atomic E-state index is 0.156. The Kier molecular flexibility index (Phi) is 34.4. The number of phosphoric acid groups is 1. The number of aliphatic hydroxyl groups excluding tert-OH is 2. The SMILES string of the molecule is CC/C=C/C=C/C=C/CCCCCCCC(=O)OC(COC(=O)CCCCCCCC/C=C/C=C/CCCCC)COP(=O)(O)OC[C@@H](O)CO.